The Balaban J connectivity index is 2.61. The SMILES string of the molecule is COC1(C(=O)O)CCCc2ccc(Br)cc21. The fraction of sp³-hybridized carbons (Fsp3) is 0.417. The van der Waals surface area contributed by atoms with Crippen molar-refractivity contribution in [1.29, 1.82) is 0 Å². The van der Waals surface area contributed by atoms with Gasteiger partial charge in [0.2, 0.25) is 0 Å². The fourth-order valence-corrected chi connectivity index (χ4v) is 2.69. The summed E-state index contributed by atoms with van der Waals surface area (Å²) in [6.45, 7) is 0. The number of hydrogen-bond acceptors (Lipinski definition) is 2. The molecule has 1 N–H and O–H groups in total. The second-order valence-corrected chi connectivity index (χ2v) is 4.91. The number of rotatable bonds is 2. The molecule has 3 nitrogen and oxygen atoms in total. The number of hydrogen-bond donors (Lipinski definition) is 1. The van der Waals surface area contributed by atoms with E-state index in [4.69, 9.17) is 4.74 Å². The summed E-state index contributed by atoms with van der Waals surface area (Å²) in [5, 5.41) is 9.39. The van der Waals surface area contributed by atoms with Gasteiger partial charge in [-0.1, -0.05) is 22.0 Å². The zero-order valence-electron chi connectivity index (χ0n) is 9.00. The van der Waals surface area contributed by atoms with Gasteiger partial charge in [-0.3, -0.25) is 0 Å². The van der Waals surface area contributed by atoms with Gasteiger partial charge in [0, 0.05) is 11.6 Å². The van der Waals surface area contributed by atoms with Crippen molar-refractivity contribution in [2.24, 2.45) is 0 Å². The Kier molecular flexibility index (Phi) is 3.04. The molecule has 0 fully saturated rings. The van der Waals surface area contributed by atoms with Crippen LogP contribution in [0.3, 0.4) is 0 Å². The monoisotopic (exact) mass is 284 g/mol. The van der Waals surface area contributed by atoms with Crippen molar-refractivity contribution in [3.05, 3.63) is 33.8 Å². The third kappa shape index (κ3) is 1.66. The van der Waals surface area contributed by atoms with Gasteiger partial charge in [0.05, 0.1) is 0 Å². The molecule has 86 valence electrons. The van der Waals surface area contributed by atoms with Gasteiger partial charge in [-0.05, 0) is 42.5 Å². The molecule has 0 saturated heterocycles. The van der Waals surface area contributed by atoms with Crippen molar-refractivity contribution in [1.82, 2.24) is 0 Å². The quantitative estimate of drug-likeness (QED) is 0.908. The first-order chi connectivity index (χ1) is 7.60. The smallest absolute Gasteiger partial charge is 0.340 e. The van der Waals surface area contributed by atoms with E-state index in [9.17, 15) is 9.90 Å². The fourth-order valence-electron chi connectivity index (χ4n) is 2.33. The molecular formula is C12H13BrO3. The molecule has 0 spiro atoms. The average molecular weight is 285 g/mol. The number of carboxylic acid groups (broad SMARTS) is 1. The van der Waals surface area contributed by atoms with Crippen molar-refractivity contribution < 1.29 is 14.6 Å². The topological polar surface area (TPSA) is 46.5 Å². The second kappa shape index (κ2) is 4.18. The minimum atomic E-state index is -1.17. The Morgan fingerprint density at radius 1 is 1.56 bits per heavy atom. The van der Waals surface area contributed by atoms with Crippen molar-refractivity contribution >= 4 is 21.9 Å². The number of aryl methyl sites for hydroxylation is 1. The lowest BCUT2D eigenvalue weighted by atomic mass is 9.79. The van der Waals surface area contributed by atoms with Crippen molar-refractivity contribution in [3.63, 3.8) is 0 Å². The summed E-state index contributed by atoms with van der Waals surface area (Å²) >= 11 is 3.37. The zero-order valence-corrected chi connectivity index (χ0v) is 10.6. The first kappa shape index (κ1) is 11.6. The minimum Gasteiger partial charge on any atom is -0.479 e. The van der Waals surface area contributed by atoms with Crippen LogP contribution in [0.5, 0.6) is 0 Å². The highest BCUT2D eigenvalue weighted by Gasteiger charge is 2.43. The maximum absolute atomic E-state index is 11.4. The molecule has 0 aromatic heterocycles. The lowest BCUT2D eigenvalue weighted by molar-refractivity contribution is -0.165. The van der Waals surface area contributed by atoms with Gasteiger partial charge in [-0.15, -0.1) is 0 Å². The van der Waals surface area contributed by atoms with Crippen LogP contribution >= 0.6 is 15.9 Å². The van der Waals surface area contributed by atoms with Crippen LogP contribution in [0.4, 0.5) is 0 Å². The highest BCUT2D eigenvalue weighted by atomic mass is 79.9. The first-order valence-corrected chi connectivity index (χ1v) is 5.97. The number of ether oxygens (including phenoxy) is 1. The molecule has 1 aliphatic carbocycles. The summed E-state index contributed by atoms with van der Waals surface area (Å²) in [5.74, 6) is -0.908. The second-order valence-electron chi connectivity index (χ2n) is 3.99. The molecule has 1 atom stereocenters. The van der Waals surface area contributed by atoms with E-state index in [0.29, 0.717) is 6.42 Å². The maximum atomic E-state index is 11.4. The predicted octanol–water partition coefficient (Wildman–Crippen LogP) is 2.71. The molecular weight excluding hydrogens is 272 g/mol. The summed E-state index contributed by atoms with van der Waals surface area (Å²) in [6, 6.07) is 5.76. The number of carboxylic acids is 1. The van der Waals surface area contributed by atoms with Gasteiger partial charge in [0.25, 0.3) is 0 Å². The van der Waals surface area contributed by atoms with Gasteiger partial charge < -0.3 is 9.84 Å². The average Bonchev–Trinajstić information content (AvgIpc) is 2.27. The molecule has 0 aliphatic heterocycles. The lowest BCUT2D eigenvalue weighted by Crippen LogP contribution is -2.40. The molecule has 0 bridgehead atoms. The number of fused-ring (bicyclic) bond motifs is 1. The maximum Gasteiger partial charge on any atom is 0.340 e. The minimum absolute atomic E-state index is 0.530. The van der Waals surface area contributed by atoms with E-state index in [0.717, 1.165) is 28.4 Å². The third-order valence-electron chi connectivity index (χ3n) is 3.18. The van der Waals surface area contributed by atoms with Crippen LogP contribution in [-0.2, 0) is 21.6 Å². The zero-order chi connectivity index (χ0) is 11.8. The largest absolute Gasteiger partial charge is 0.479 e. The molecule has 2 rings (SSSR count). The number of halogens is 1. The summed E-state index contributed by atoms with van der Waals surface area (Å²) in [5.41, 5.74) is 0.680. The summed E-state index contributed by atoms with van der Waals surface area (Å²) in [4.78, 5) is 11.4. The summed E-state index contributed by atoms with van der Waals surface area (Å²) < 4.78 is 6.19. The van der Waals surface area contributed by atoms with Crippen LogP contribution in [0.1, 0.15) is 24.0 Å². The van der Waals surface area contributed by atoms with Crippen molar-refractivity contribution in [2.45, 2.75) is 24.9 Å². The van der Waals surface area contributed by atoms with Crippen molar-refractivity contribution in [3.8, 4) is 0 Å². The van der Waals surface area contributed by atoms with Gasteiger partial charge in [0.15, 0.2) is 5.60 Å². The van der Waals surface area contributed by atoms with E-state index in [1.807, 2.05) is 18.2 Å². The van der Waals surface area contributed by atoms with Gasteiger partial charge in [0.1, 0.15) is 0 Å². The highest BCUT2D eigenvalue weighted by molar-refractivity contribution is 9.10. The molecule has 0 saturated carbocycles. The summed E-state index contributed by atoms with van der Waals surface area (Å²) in [7, 11) is 1.46. The van der Waals surface area contributed by atoms with E-state index >= 15 is 0 Å². The van der Waals surface area contributed by atoms with E-state index in [1.54, 1.807) is 0 Å². The highest BCUT2D eigenvalue weighted by Crippen LogP contribution is 2.39. The molecule has 4 heteroatoms. The number of aliphatic carboxylic acids is 1. The third-order valence-corrected chi connectivity index (χ3v) is 3.67. The predicted molar refractivity (Wildman–Crippen MR) is 63.4 cm³/mol. The Bertz CT molecular complexity index is 430. The molecule has 0 radical (unpaired) electrons. The van der Waals surface area contributed by atoms with Gasteiger partial charge in [-0.2, -0.15) is 0 Å². The van der Waals surface area contributed by atoms with E-state index in [2.05, 4.69) is 15.9 Å². The molecule has 1 aromatic rings. The van der Waals surface area contributed by atoms with Crippen LogP contribution in [-0.4, -0.2) is 18.2 Å². The Labute approximate surface area is 103 Å². The van der Waals surface area contributed by atoms with Crippen molar-refractivity contribution in [2.75, 3.05) is 7.11 Å². The molecule has 0 heterocycles. The van der Waals surface area contributed by atoms with Crippen LogP contribution in [0.25, 0.3) is 0 Å². The van der Waals surface area contributed by atoms with E-state index in [1.165, 1.54) is 7.11 Å². The molecule has 0 amide bonds. The van der Waals surface area contributed by atoms with Gasteiger partial charge >= 0.3 is 5.97 Å². The standard InChI is InChI=1S/C12H13BrO3/c1-16-12(11(14)15)6-2-3-8-4-5-9(13)7-10(8)12/h4-5,7H,2-3,6H2,1H3,(H,14,15). The number of benzene rings is 1. The number of carbonyl (C=O) groups is 1. The van der Waals surface area contributed by atoms with Crippen LogP contribution < -0.4 is 0 Å². The molecule has 16 heavy (non-hydrogen) atoms. The normalized spacial score (nSPS) is 23.9. The van der Waals surface area contributed by atoms with Crippen LogP contribution in [0.15, 0.2) is 22.7 Å². The Morgan fingerprint density at radius 3 is 2.94 bits per heavy atom. The molecule has 1 unspecified atom stereocenters. The Morgan fingerprint density at radius 2 is 2.31 bits per heavy atom. The summed E-state index contributed by atoms with van der Waals surface area (Å²) in [6.07, 6.45) is 2.29. The number of methoxy groups -OCH3 is 1. The lowest BCUT2D eigenvalue weighted by Gasteiger charge is -2.34. The molecule has 1 aliphatic rings. The van der Waals surface area contributed by atoms with E-state index in [-0.39, 0.29) is 0 Å². The van der Waals surface area contributed by atoms with Crippen LogP contribution in [0, 0.1) is 0 Å². The first-order valence-electron chi connectivity index (χ1n) is 5.17. The van der Waals surface area contributed by atoms with Crippen LogP contribution in [0.2, 0.25) is 0 Å². The molecule has 1 aromatic carbocycles. The van der Waals surface area contributed by atoms with E-state index < -0.39 is 11.6 Å². The Hall–Kier alpha value is -0.870. The van der Waals surface area contributed by atoms with Gasteiger partial charge in [-0.25, -0.2) is 4.79 Å².